The number of fused-ring (bicyclic) bond motifs is 2. The Bertz CT molecular complexity index is 1300. The molecule has 0 fully saturated rings. The maximum atomic E-state index is 12.7. The van der Waals surface area contributed by atoms with Crippen LogP contribution < -0.4 is 10.9 Å². The van der Waals surface area contributed by atoms with E-state index < -0.39 is 18.5 Å². The highest BCUT2D eigenvalue weighted by Gasteiger charge is 2.23. The number of carbonyl (C=O) groups is 2. The van der Waals surface area contributed by atoms with E-state index in [-0.39, 0.29) is 11.3 Å². The Balaban J connectivity index is 1.51. The highest BCUT2D eigenvalue weighted by atomic mass is 32.1. The summed E-state index contributed by atoms with van der Waals surface area (Å²) in [7, 11) is 0. The number of esters is 1. The first-order chi connectivity index (χ1) is 15.5. The molecule has 9 heteroatoms. The molecule has 0 radical (unpaired) electrons. The van der Waals surface area contributed by atoms with Gasteiger partial charge in [-0.2, -0.15) is 10.4 Å². The number of nitriles is 1. The Hall–Kier alpha value is -3.51. The second-order valence-electron chi connectivity index (χ2n) is 7.57. The summed E-state index contributed by atoms with van der Waals surface area (Å²) in [6.07, 6.45) is 4.53. The zero-order valence-electron chi connectivity index (χ0n) is 17.6. The fraction of sp³-hybridized carbons (Fsp3) is 0.348. The van der Waals surface area contributed by atoms with Crippen molar-refractivity contribution >= 4 is 39.0 Å². The maximum absolute atomic E-state index is 12.7. The van der Waals surface area contributed by atoms with Crippen molar-refractivity contribution in [1.82, 2.24) is 9.78 Å². The molecule has 1 N–H and O–H groups in total. The van der Waals surface area contributed by atoms with Crippen molar-refractivity contribution in [2.45, 2.75) is 45.6 Å². The first-order valence-corrected chi connectivity index (χ1v) is 11.4. The molecule has 1 aromatic carbocycles. The lowest BCUT2D eigenvalue weighted by molar-refractivity contribution is -0.119. The van der Waals surface area contributed by atoms with Crippen LogP contribution in [0, 0.1) is 11.3 Å². The SMILES string of the molecule is CCCn1nc(C(=O)OCC(=O)Nc2sc3c(c2C#N)CCCC3)c2ccccc2c1=O. The minimum atomic E-state index is -0.785. The number of aryl methyl sites for hydroxylation is 2. The Labute approximate surface area is 188 Å². The molecule has 2 aromatic heterocycles. The van der Waals surface area contributed by atoms with Gasteiger partial charge < -0.3 is 10.1 Å². The molecule has 3 aromatic rings. The molecule has 0 saturated heterocycles. The number of nitrogens with zero attached hydrogens (tertiary/aromatic N) is 3. The van der Waals surface area contributed by atoms with Crippen molar-refractivity contribution in [3.05, 3.63) is 56.3 Å². The van der Waals surface area contributed by atoms with Crippen molar-refractivity contribution in [2.24, 2.45) is 0 Å². The van der Waals surface area contributed by atoms with E-state index in [1.54, 1.807) is 24.3 Å². The summed E-state index contributed by atoms with van der Waals surface area (Å²) in [5, 5.41) is 17.7. The molecule has 0 aliphatic heterocycles. The molecule has 2 heterocycles. The van der Waals surface area contributed by atoms with Crippen LogP contribution in [0.2, 0.25) is 0 Å². The largest absolute Gasteiger partial charge is 0.451 e. The van der Waals surface area contributed by atoms with E-state index in [0.29, 0.717) is 34.3 Å². The molecular formula is C23H22N4O4S. The first-order valence-electron chi connectivity index (χ1n) is 10.5. The number of anilines is 1. The number of hydrogen-bond acceptors (Lipinski definition) is 7. The highest BCUT2D eigenvalue weighted by molar-refractivity contribution is 7.16. The van der Waals surface area contributed by atoms with E-state index in [1.807, 2.05) is 6.92 Å². The van der Waals surface area contributed by atoms with Crippen LogP contribution >= 0.6 is 11.3 Å². The standard InChI is InChI=1S/C23H22N4O4S/c1-2-11-27-22(29)16-9-4-3-8-15(16)20(26-27)23(30)31-13-19(28)25-21-17(12-24)14-7-5-6-10-18(14)32-21/h3-4,8-9H,2,5-7,10-11,13H2,1H3,(H,25,28). The van der Waals surface area contributed by atoms with Crippen LogP contribution in [0.15, 0.2) is 29.1 Å². The number of carbonyl (C=O) groups excluding carboxylic acids is 2. The smallest absolute Gasteiger partial charge is 0.359 e. The Morgan fingerprint density at radius 3 is 2.75 bits per heavy atom. The van der Waals surface area contributed by atoms with Crippen molar-refractivity contribution in [2.75, 3.05) is 11.9 Å². The molecule has 0 spiro atoms. The summed E-state index contributed by atoms with van der Waals surface area (Å²) >= 11 is 1.41. The van der Waals surface area contributed by atoms with Crippen LogP contribution in [0.5, 0.6) is 0 Å². The molecule has 0 atom stereocenters. The van der Waals surface area contributed by atoms with Gasteiger partial charge >= 0.3 is 5.97 Å². The van der Waals surface area contributed by atoms with Gasteiger partial charge in [0.05, 0.1) is 10.9 Å². The van der Waals surface area contributed by atoms with Gasteiger partial charge in [-0.1, -0.05) is 25.1 Å². The summed E-state index contributed by atoms with van der Waals surface area (Å²) < 4.78 is 6.46. The van der Waals surface area contributed by atoms with Crippen LogP contribution in [0.1, 0.15) is 52.7 Å². The van der Waals surface area contributed by atoms with Crippen molar-refractivity contribution in [3.63, 3.8) is 0 Å². The molecule has 4 rings (SSSR count). The Morgan fingerprint density at radius 1 is 1.25 bits per heavy atom. The van der Waals surface area contributed by atoms with Crippen LogP contribution in [-0.2, 0) is 28.9 Å². The predicted octanol–water partition coefficient (Wildman–Crippen LogP) is 3.41. The Morgan fingerprint density at radius 2 is 2.00 bits per heavy atom. The van der Waals surface area contributed by atoms with E-state index in [4.69, 9.17) is 4.74 Å². The monoisotopic (exact) mass is 450 g/mol. The van der Waals surface area contributed by atoms with E-state index in [9.17, 15) is 19.6 Å². The lowest BCUT2D eigenvalue weighted by atomic mass is 9.96. The van der Waals surface area contributed by atoms with E-state index in [2.05, 4.69) is 16.5 Å². The zero-order chi connectivity index (χ0) is 22.7. The molecule has 1 aliphatic carbocycles. The molecule has 0 unspecified atom stereocenters. The number of aromatic nitrogens is 2. The molecule has 1 aliphatic rings. The van der Waals surface area contributed by atoms with Gasteiger partial charge in [0, 0.05) is 16.8 Å². The second kappa shape index (κ2) is 9.32. The lowest BCUT2D eigenvalue weighted by Crippen LogP contribution is -2.27. The van der Waals surface area contributed by atoms with Crippen LogP contribution in [-0.4, -0.2) is 28.3 Å². The van der Waals surface area contributed by atoms with Gasteiger partial charge in [0.15, 0.2) is 12.3 Å². The molecule has 164 valence electrons. The summed E-state index contributed by atoms with van der Waals surface area (Å²) in [6, 6.07) is 8.88. The fourth-order valence-electron chi connectivity index (χ4n) is 3.88. The van der Waals surface area contributed by atoms with Gasteiger partial charge in [-0.15, -0.1) is 11.3 Å². The van der Waals surface area contributed by atoms with E-state index >= 15 is 0 Å². The molecular weight excluding hydrogens is 428 g/mol. The number of nitrogens with one attached hydrogen (secondary N) is 1. The summed E-state index contributed by atoms with van der Waals surface area (Å²) in [4.78, 5) is 38.9. The number of rotatable bonds is 6. The van der Waals surface area contributed by atoms with Crippen LogP contribution in [0.3, 0.4) is 0 Å². The molecule has 1 amide bonds. The number of ether oxygens (including phenoxy) is 1. The third-order valence-corrected chi connectivity index (χ3v) is 6.57. The van der Waals surface area contributed by atoms with E-state index in [0.717, 1.165) is 36.1 Å². The van der Waals surface area contributed by atoms with Gasteiger partial charge in [0.1, 0.15) is 11.1 Å². The molecule has 0 bridgehead atoms. The topological polar surface area (TPSA) is 114 Å². The normalized spacial score (nSPS) is 12.8. The van der Waals surface area contributed by atoms with Gasteiger partial charge in [-0.25, -0.2) is 9.48 Å². The van der Waals surface area contributed by atoms with Gasteiger partial charge in [0.25, 0.3) is 11.5 Å². The minimum Gasteiger partial charge on any atom is -0.451 e. The third kappa shape index (κ3) is 4.14. The number of benzene rings is 1. The predicted molar refractivity (Wildman–Crippen MR) is 121 cm³/mol. The van der Waals surface area contributed by atoms with E-state index in [1.165, 1.54) is 16.0 Å². The molecule has 8 nitrogen and oxygen atoms in total. The lowest BCUT2D eigenvalue weighted by Gasteiger charge is -2.10. The number of thiophene rings is 1. The van der Waals surface area contributed by atoms with Crippen LogP contribution in [0.25, 0.3) is 10.8 Å². The third-order valence-electron chi connectivity index (χ3n) is 5.37. The maximum Gasteiger partial charge on any atom is 0.359 e. The number of hydrogen-bond donors (Lipinski definition) is 1. The van der Waals surface area contributed by atoms with Crippen molar-refractivity contribution in [3.8, 4) is 6.07 Å². The number of amides is 1. The average molecular weight is 451 g/mol. The fourth-order valence-corrected chi connectivity index (χ4v) is 5.14. The van der Waals surface area contributed by atoms with Crippen molar-refractivity contribution in [1.29, 1.82) is 5.26 Å². The summed E-state index contributed by atoms with van der Waals surface area (Å²) in [5.74, 6) is -1.31. The summed E-state index contributed by atoms with van der Waals surface area (Å²) in [6.45, 7) is 1.75. The van der Waals surface area contributed by atoms with Gasteiger partial charge in [0.2, 0.25) is 0 Å². The summed E-state index contributed by atoms with van der Waals surface area (Å²) in [5.41, 5.74) is 1.24. The first kappa shape index (κ1) is 21.7. The quantitative estimate of drug-likeness (QED) is 0.576. The zero-order valence-corrected chi connectivity index (χ0v) is 18.5. The van der Waals surface area contributed by atoms with Gasteiger partial charge in [-0.05, 0) is 43.7 Å². The van der Waals surface area contributed by atoms with Crippen LogP contribution in [0.4, 0.5) is 5.00 Å². The Kier molecular flexibility index (Phi) is 6.32. The molecule has 0 saturated carbocycles. The second-order valence-corrected chi connectivity index (χ2v) is 8.68. The minimum absolute atomic E-state index is 0.00856. The highest BCUT2D eigenvalue weighted by Crippen LogP contribution is 2.37. The average Bonchev–Trinajstić information content (AvgIpc) is 3.16. The molecule has 32 heavy (non-hydrogen) atoms. The van der Waals surface area contributed by atoms with Crippen molar-refractivity contribution < 1.29 is 14.3 Å². The van der Waals surface area contributed by atoms with Gasteiger partial charge in [-0.3, -0.25) is 9.59 Å².